The molecule has 0 aliphatic carbocycles. The molecule has 146 valence electrons. The summed E-state index contributed by atoms with van der Waals surface area (Å²) in [5.74, 6) is -3.45. The van der Waals surface area contributed by atoms with E-state index in [0.717, 1.165) is 12.1 Å². The summed E-state index contributed by atoms with van der Waals surface area (Å²) in [6.07, 6.45) is 0. The number of hydrogen-bond donors (Lipinski definition) is 2. The van der Waals surface area contributed by atoms with Crippen LogP contribution in [-0.2, 0) is 4.79 Å². The van der Waals surface area contributed by atoms with Crippen molar-refractivity contribution in [2.75, 3.05) is 11.1 Å². The quantitative estimate of drug-likeness (QED) is 0.634. The number of rotatable bonds is 2. The van der Waals surface area contributed by atoms with E-state index in [0.29, 0.717) is 6.07 Å². The minimum Gasteiger partial charge on any atom is -0.453 e. The molecule has 0 aliphatic rings. The number of nitrogen functional groups attached to an aromatic ring is 1. The van der Waals surface area contributed by atoms with Gasteiger partial charge in [0, 0.05) is 23.1 Å². The SMILES string of the molecule is CC(C)(C)C(=O)Nc1ccc(-c2cc(=O)c3c(N)c(F)cc(F)c3o2)cc1F. The van der Waals surface area contributed by atoms with Crippen LogP contribution < -0.4 is 16.5 Å². The van der Waals surface area contributed by atoms with Gasteiger partial charge >= 0.3 is 0 Å². The van der Waals surface area contributed by atoms with Crippen LogP contribution in [0.5, 0.6) is 0 Å². The number of carbonyl (C=O) groups excluding carboxylic acids is 1. The Balaban J connectivity index is 2.07. The highest BCUT2D eigenvalue weighted by molar-refractivity contribution is 5.95. The van der Waals surface area contributed by atoms with Crippen molar-refractivity contribution in [2.45, 2.75) is 20.8 Å². The summed E-state index contributed by atoms with van der Waals surface area (Å²) in [5, 5.41) is 2.05. The van der Waals surface area contributed by atoms with E-state index in [1.165, 1.54) is 12.1 Å². The number of carbonyl (C=O) groups is 1. The minimum atomic E-state index is -1.10. The van der Waals surface area contributed by atoms with E-state index in [9.17, 15) is 22.8 Å². The van der Waals surface area contributed by atoms with Crippen LogP contribution in [0.2, 0.25) is 0 Å². The Morgan fingerprint density at radius 3 is 2.32 bits per heavy atom. The van der Waals surface area contributed by atoms with Gasteiger partial charge in [0.2, 0.25) is 5.91 Å². The lowest BCUT2D eigenvalue weighted by molar-refractivity contribution is -0.123. The number of anilines is 2. The van der Waals surface area contributed by atoms with Crippen LogP contribution in [-0.4, -0.2) is 5.91 Å². The average molecular weight is 390 g/mol. The molecule has 0 saturated heterocycles. The monoisotopic (exact) mass is 390 g/mol. The van der Waals surface area contributed by atoms with E-state index in [1.54, 1.807) is 20.8 Å². The topological polar surface area (TPSA) is 85.3 Å². The zero-order valence-electron chi connectivity index (χ0n) is 15.3. The molecule has 1 aromatic heterocycles. The summed E-state index contributed by atoms with van der Waals surface area (Å²) in [6.45, 7) is 5.05. The van der Waals surface area contributed by atoms with E-state index in [2.05, 4.69) is 5.32 Å². The third-order valence-corrected chi connectivity index (χ3v) is 4.13. The molecule has 3 aromatic rings. The van der Waals surface area contributed by atoms with Crippen molar-refractivity contribution in [1.82, 2.24) is 0 Å². The Kier molecular flexibility index (Phi) is 4.66. The molecular weight excluding hydrogens is 373 g/mol. The molecule has 0 fully saturated rings. The largest absolute Gasteiger partial charge is 0.453 e. The standard InChI is InChI=1S/C20H17F3N2O3/c1-20(2,3)19(27)25-13-5-4-9(6-10(13)21)15-8-14(26)16-17(24)11(22)7-12(23)18(16)28-15/h4-8H,24H2,1-3H3,(H,25,27). The summed E-state index contributed by atoms with van der Waals surface area (Å²) >= 11 is 0. The normalized spacial score (nSPS) is 11.6. The number of halogens is 3. The molecule has 0 saturated carbocycles. The van der Waals surface area contributed by atoms with Gasteiger partial charge in [0.25, 0.3) is 0 Å². The maximum Gasteiger partial charge on any atom is 0.229 e. The zero-order chi connectivity index (χ0) is 20.8. The van der Waals surface area contributed by atoms with Crippen LogP contribution in [0, 0.1) is 22.9 Å². The maximum atomic E-state index is 14.4. The number of nitrogens with two attached hydrogens (primary N) is 1. The van der Waals surface area contributed by atoms with Gasteiger partial charge in [-0.1, -0.05) is 20.8 Å². The average Bonchev–Trinajstić information content (AvgIpc) is 2.60. The van der Waals surface area contributed by atoms with Gasteiger partial charge in [0.15, 0.2) is 16.8 Å². The molecule has 3 N–H and O–H groups in total. The van der Waals surface area contributed by atoms with E-state index in [1.807, 2.05) is 0 Å². The lowest BCUT2D eigenvalue weighted by Gasteiger charge is -2.18. The second-order valence-electron chi connectivity index (χ2n) is 7.33. The Bertz CT molecular complexity index is 1160. The van der Waals surface area contributed by atoms with Crippen molar-refractivity contribution in [3.8, 4) is 11.3 Å². The highest BCUT2D eigenvalue weighted by Crippen LogP contribution is 2.30. The van der Waals surface area contributed by atoms with E-state index in [-0.39, 0.29) is 22.9 Å². The van der Waals surface area contributed by atoms with Gasteiger partial charge in [-0.15, -0.1) is 0 Å². The first-order valence-corrected chi connectivity index (χ1v) is 8.31. The smallest absolute Gasteiger partial charge is 0.229 e. The van der Waals surface area contributed by atoms with E-state index >= 15 is 0 Å². The van der Waals surface area contributed by atoms with Gasteiger partial charge < -0.3 is 15.5 Å². The fraction of sp³-hybridized carbons (Fsp3) is 0.200. The highest BCUT2D eigenvalue weighted by Gasteiger charge is 2.23. The molecule has 1 amide bonds. The van der Waals surface area contributed by atoms with Crippen LogP contribution in [0.25, 0.3) is 22.3 Å². The number of fused-ring (bicyclic) bond motifs is 1. The molecule has 0 radical (unpaired) electrons. The van der Waals surface area contributed by atoms with Crippen LogP contribution in [0.1, 0.15) is 20.8 Å². The van der Waals surface area contributed by atoms with E-state index < -0.39 is 45.0 Å². The van der Waals surface area contributed by atoms with Crippen LogP contribution in [0.15, 0.2) is 39.5 Å². The van der Waals surface area contributed by atoms with Gasteiger partial charge in [-0.05, 0) is 18.2 Å². The maximum absolute atomic E-state index is 14.4. The second-order valence-corrected chi connectivity index (χ2v) is 7.33. The predicted octanol–water partition coefficient (Wildman–Crippen LogP) is 4.44. The Labute approximate surface area is 158 Å². The summed E-state index contributed by atoms with van der Waals surface area (Å²) < 4.78 is 47.4. The van der Waals surface area contributed by atoms with Crippen LogP contribution in [0.3, 0.4) is 0 Å². The van der Waals surface area contributed by atoms with Gasteiger partial charge in [-0.2, -0.15) is 0 Å². The minimum absolute atomic E-state index is 0.0516. The molecule has 5 nitrogen and oxygen atoms in total. The van der Waals surface area contributed by atoms with Gasteiger partial charge in [0.05, 0.1) is 16.8 Å². The summed E-state index contributed by atoms with van der Waals surface area (Å²) in [7, 11) is 0. The highest BCUT2D eigenvalue weighted by atomic mass is 19.1. The predicted molar refractivity (Wildman–Crippen MR) is 100 cm³/mol. The third kappa shape index (κ3) is 3.45. The molecule has 1 heterocycles. The fourth-order valence-electron chi connectivity index (χ4n) is 2.51. The van der Waals surface area contributed by atoms with Crippen molar-refractivity contribution in [2.24, 2.45) is 5.41 Å². The first kappa shape index (κ1) is 19.5. The number of benzene rings is 2. The van der Waals surface area contributed by atoms with Gasteiger partial charge in [-0.25, -0.2) is 13.2 Å². The Morgan fingerprint density at radius 2 is 1.71 bits per heavy atom. The summed E-state index contributed by atoms with van der Waals surface area (Å²) in [4.78, 5) is 24.3. The third-order valence-electron chi connectivity index (χ3n) is 4.13. The second kappa shape index (κ2) is 6.70. The summed E-state index contributed by atoms with van der Waals surface area (Å²) in [5.41, 5.74) is 3.05. The summed E-state index contributed by atoms with van der Waals surface area (Å²) in [6, 6.07) is 5.22. The lowest BCUT2D eigenvalue weighted by atomic mass is 9.95. The van der Waals surface area contributed by atoms with Gasteiger partial charge in [0.1, 0.15) is 17.4 Å². The van der Waals surface area contributed by atoms with E-state index in [4.69, 9.17) is 10.2 Å². The molecule has 0 aliphatic heterocycles. The molecule has 8 heteroatoms. The van der Waals surface area contributed by atoms with Crippen molar-refractivity contribution >= 4 is 28.3 Å². The Hall–Kier alpha value is -3.29. The fourth-order valence-corrected chi connectivity index (χ4v) is 2.51. The molecule has 0 unspecified atom stereocenters. The van der Waals surface area contributed by atoms with Crippen LogP contribution >= 0.6 is 0 Å². The molecular formula is C20H17F3N2O3. The van der Waals surface area contributed by atoms with Crippen molar-refractivity contribution in [3.05, 3.63) is 58.0 Å². The molecule has 0 bridgehead atoms. The molecule has 3 rings (SSSR count). The van der Waals surface area contributed by atoms with Crippen molar-refractivity contribution in [1.29, 1.82) is 0 Å². The molecule has 2 aromatic carbocycles. The van der Waals surface area contributed by atoms with Crippen LogP contribution in [0.4, 0.5) is 24.5 Å². The first-order valence-electron chi connectivity index (χ1n) is 8.31. The molecule has 0 spiro atoms. The van der Waals surface area contributed by atoms with Crippen molar-refractivity contribution < 1.29 is 22.4 Å². The first-order chi connectivity index (χ1) is 13.0. The van der Waals surface area contributed by atoms with Crippen molar-refractivity contribution in [3.63, 3.8) is 0 Å². The number of hydrogen-bond acceptors (Lipinski definition) is 4. The Morgan fingerprint density at radius 1 is 1.04 bits per heavy atom. The zero-order valence-corrected chi connectivity index (χ0v) is 15.3. The number of nitrogens with one attached hydrogen (secondary N) is 1. The molecule has 28 heavy (non-hydrogen) atoms. The van der Waals surface area contributed by atoms with Gasteiger partial charge in [-0.3, -0.25) is 9.59 Å². The number of amides is 1. The molecule has 0 atom stereocenters. The lowest BCUT2D eigenvalue weighted by Crippen LogP contribution is -2.28.